The standard InChI is InChI=1S/C11H13ClN2S3/c1-8-7-16-11(14-8)15-5-4-13-6-9-2-3-10(12)17-9/h2-3,7,13H,4-6H2,1H3. The number of thiophene rings is 1. The monoisotopic (exact) mass is 304 g/mol. The van der Waals surface area contributed by atoms with Crippen molar-refractivity contribution in [2.75, 3.05) is 12.3 Å². The van der Waals surface area contributed by atoms with Crippen molar-refractivity contribution >= 4 is 46.0 Å². The third-order valence-electron chi connectivity index (χ3n) is 2.03. The lowest BCUT2D eigenvalue weighted by Crippen LogP contribution is -2.15. The zero-order valence-corrected chi connectivity index (χ0v) is 12.6. The molecular formula is C11H13ClN2S3. The zero-order chi connectivity index (χ0) is 12.1. The van der Waals surface area contributed by atoms with E-state index in [0.29, 0.717) is 0 Å². The van der Waals surface area contributed by atoms with Crippen molar-refractivity contribution in [2.24, 2.45) is 0 Å². The summed E-state index contributed by atoms with van der Waals surface area (Å²) in [6, 6.07) is 4.01. The van der Waals surface area contributed by atoms with Crippen LogP contribution in [0.5, 0.6) is 0 Å². The van der Waals surface area contributed by atoms with Gasteiger partial charge in [-0.25, -0.2) is 4.98 Å². The molecule has 2 aromatic heterocycles. The van der Waals surface area contributed by atoms with Gasteiger partial charge < -0.3 is 5.32 Å². The summed E-state index contributed by atoms with van der Waals surface area (Å²) in [5.74, 6) is 1.05. The lowest BCUT2D eigenvalue weighted by molar-refractivity contribution is 0.741. The third-order valence-corrected chi connectivity index (χ3v) is 5.40. The smallest absolute Gasteiger partial charge is 0.150 e. The van der Waals surface area contributed by atoms with Crippen LogP contribution in [-0.4, -0.2) is 17.3 Å². The number of hydrogen-bond donors (Lipinski definition) is 1. The van der Waals surface area contributed by atoms with Crippen molar-refractivity contribution in [1.29, 1.82) is 0 Å². The highest BCUT2D eigenvalue weighted by molar-refractivity contribution is 8.01. The van der Waals surface area contributed by atoms with Gasteiger partial charge in [-0.2, -0.15) is 0 Å². The molecule has 17 heavy (non-hydrogen) atoms. The highest BCUT2D eigenvalue weighted by Gasteiger charge is 2.00. The topological polar surface area (TPSA) is 24.9 Å². The van der Waals surface area contributed by atoms with Crippen LogP contribution in [0.15, 0.2) is 21.9 Å². The quantitative estimate of drug-likeness (QED) is 0.644. The largest absolute Gasteiger partial charge is 0.311 e. The van der Waals surface area contributed by atoms with Gasteiger partial charge >= 0.3 is 0 Å². The Morgan fingerprint density at radius 2 is 2.35 bits per heavy atom. The Morgan fingerprint density at radius 1 is 1.47 bits per heavy atom. The number of nitrogens with zero attached hydrogens (tertiary/aromatic N) is 1. The summed E-state index contributed by atoms with van der Waals surface area (Å²) in [6.45, 7) is 3.91. The second-order valence-corrected chi connectivity index (χ2v) is 7.49. The number of thioether (sulfide) groups is 1. The van der Waals surface area contributed by atoms with Crippen LogP contribution < -0.4 is 5.32 Å². The van der Waals surface area contributed by atoms with E-state index in [4.69, 9.17) is 11.6 Å². The van der Waals surface area contributed by atoms with Crippen LogP contribution in [0, 0.1) is 6.92 Å². The van der Waals surface area contributed by atoms with Gasteiger partial charge in [-0.1, -0.05) is 23.4 Å². The maximum atomic E-state index is 5.86. The van der Waals surface area contributed by atoms with Gasteiger partial charge in [-0.3, -0.25) is 0 Å². The fraction of sp³-hybridized carbons (Fsp3) is 0.364. The van der Waals surface area contributed by atoms with Crippen molar-refractivity contribution in [1.82, 2.24) is 10.3 Å². The fourth-order valence-corrected chi connectivity index (χ4v) is 4.14. The molecular weight excluding hydrogens is 292 g/mol. The summed E-state index contributed by atoms with van der Waals surface area (Å²) in [7, 11) is 0. The average molecular weight is 305 g/mol. The molecule has 0 bridgehead atoms. The fourth-order valence-electron chi connectivity index (χ4n) is 1.27. The van der Waals surface area contributed by atoms with Gasteiger partial charge in [0.2, 0.25) is 0 Å². The first-order valence-electron chi connectivity index (χ1n) is 5.24. The van der Waals surface area contributed by atoms with E-state index in [9.17, 15) is 0 Å². The molecule has 6 heteroatoms. The number of halogens is 1. The van der Waals surface area contributed by atoms with Gasteiger partial charge in [0, 0.05) is 34.8 Å². The maximum Gasteiger partial charge on any atom is 0.150 e. The van der Waals surface area contributed by atoms with Crippen LogP contribution >= 0.6 is 46.0 Å². The second-order valence-electron chi connectivity index (χ2n) is 3.49. The highest BCUT2D eigenvalue weighted by atomic mass is 35.5. The lowest BCUT2D eigenvalue weighted by atomic mass is 10.4. The van der Waals surface area contributed by atoms with Crippen LogP contribution in [0.25, 0.3) is 0 Å². The number of nitrogens with one attached hydrogen (secondary N) is 1. The van der Waals surface area contributed by atoms with E-state index in [0.717, 1.165) is 33.2 Å². The van der Waals surface area contributed by atoms with Gasteiger partial charge in [0.25, 0.3) is 0 Å². The third kappa shape index (κ3) is 4.60. The SMILES string of the molecule is Cc1csc(SCCNCc2ccc(Cl)s2)n1. The van der Waals surface area contributed by atoms with Crippen molar-refractivity contribution in [2.45, 2.75) is 17.8 Å². The molecule has 0 fully saturated rings. The molecule has 2 aromatic rings. The molecule has 0 radical (unpaired) electrons. The van der Waals surface area contributed by atoms with E-state index >= 15 is 0 Å². The zero-order valence-electron chi connectivity index (χ0n) is 9.40. The molecule has 2 heterocycles. The molecule has 0 aliphatic carbocycles. The van der Waals surface area contributed by atoms with Crippen molar-refractivity contribution in [3.63, 3.8) is 0 Å². The summed E-state index contributed by atoms with van der Waals surface area (Å²) in [5, 5.41) is 5.49. The van der Waals surface area contributed by atoms with Gasteiger partial charge in [-0.05, 0) is 19.1 Å². The van der Waals surface area contributed by atoms with E-state index in [1.54, 1.807) is 34.4 Å². The molecule has 0 saturated carbocycles. The molecule has 0 aromatic carbocycles. The number of hydrogen-bond acceptors (Lipinski definition) is 5. The van der Waals surface area contributed by atoms with Crippen LogP contribution in [0.3, 0.4) is 0 Å². The lowest BCUT2D eigenvalue weighted by Gasteiger charge is -2.01. The Kier molecular flexibility index (Phi) is 5.31. The minimum atomic E-state index is 0.856. The molecule has 1 N–H and O–H groups in total. The predicted molar refractivity (Wildman–Crippen MR) is 78.6 cm³/mol. The molecule has 0 spiro atoms. The Labute approximate surface area is 118 Å². The summed E-state index contributed by atoms with van der Waals surface area (Å²) in [6.07, 6.45) is 0. The summed E-state index contributed by atoms with van der Waals surface area (Å²) in [5.41, 5.74) is 1.11. The average Bonchev–Trinajstić information content (AvgIpc) is 2.88. The first-order chi connectivity index (χ1) is 8.24. The first kappa shape index (κ1) is 13.4. The second kappa shape index (κ2) is 6.75. The van der Waals surface area contributed by atoms with E-state index in [2.05, 4.69) is 21.7 Å². The normalized spacial score (nSPS) is 10.9. The molecule has 0 unspecified atom stereocenters. The highest BCUT2D eigenvalue weighted by Crippen LogP contribution is 2.22. The number of rotatable bonds is 6. The summed E-state index contributed by atoms with van der Waals surface area (Å²) in [4.78, 5) is 5.69. The summed E-state index contributed by atoms with van der Waals surface area (Å²) >= 11 is 11.0. The molecule has 0 saturated heterocycles. The Hall–Kier alpha value is -0.0700. The van der Waals surface area contributed by atoms with E-state index in [1.807, 2.05) is 13.0 Å². The molecule has 0 aliphatic rings. The number of aromatic nitrogens is 1. The first-order valence-corrected chi connectivity index (χ1v) is 8.30. The molecule has 2 rings (SSSR count). The Morgan fingerprint density at radius 3 is 3.00 bits per heavy atom. The van der Waals surface area contributed by atoms with Crippen LogP contribution in [-0.2, 0) is 6.54 Å². The Balaban J connectivity index is 1.60. The van der Waals surface area contributed by atoms with Crippen molar-refractivity contribution < 1.29 is 0 Å². The van der Waals surface area contributed by atoms with Gasteiger partial charge in [0.15, 0.2) is 0 Å². The van der Waals surface area contributed by atoms with E-state index < -0.39 is 0 Å². The van der Waals surface area contributed by atoms with Gasteiger partial charge in [0.05, 0.1) is 4.34 Å². The maximum absolute atomic E-state index is 5.86. The molecule has 0 atom stereocenters. The predicted octanol–water partition coefficient (Wildman–Crippen LogP) is 4.05. The molecule has 92 valence electrons. The van der Waals surface area contributed by atoms with Crippen LogP contribution in [0.1, 0.15) is 10.6 Å². The minimum absolute atomic E-state index is 0.856. The van der Waals surface area contributed by atoms with E-state index in [-0.39, 0.29) is 0 Å². The van der Waals surface area contributed by atoms with Crippen LogP contribution in [0.2, 0.25) is 4.34 Å². The van der Waals surface area contributed by atoms with Crippen molar-refractivity contribution in [3.05, 3.63) is 32.4 Å². The van der Waals surface area contributed by atoms with Gasteiger partial charge in [0.1, 0.15) is 4.34 Å². The molecule has 2 nitrogen and oxygen atoms in total. The Bertz CT molecular complexity index is 424. The minimum Gasteiger partial charge on any atom is -0.311 e. The molecule has 0 aliphatic heterocycles. The number of aryl methyl sites for hydroxylation is 1. The summed E-state index contributed by atoms with van der Waals surface area (Å²) < 4.78 is 2.01. The van der Waals surface area contributed by atoms with E-state index in [1.165, 1.54) is 4.88 Å². The van der Waals surface area contributed by atoms with Crippen LogP contribution in [0.4, 0.5) is 0 Å². The van der Waals surface area contributed by atoms with Crippen molar-refractivity contribution in [3.8, 4) is 0 Å². The van der Waals surface area contributed by atoms with Gasteiger partial charge in [-0.15, -0.1) is 22.7 Å². The molecule has 0 amide bonds. The number of thiazole rings is 1.